The molecule has 0 radical (unpaired) electrons. The minimum absolute atomic E-state index is 0.0201. The Labute approximate surface area is 476 Å². The number of likely N-dealkylation sites (tertiary alicyclic amines) is 2. The van der Waals surface area contributed by atoms with Crippen LogP contribution in [0.2, 0.25) is 0 Å². The number of benzene rings is 2. The van der Waals surface area contributed by atoms with Crippen LogP contribution in [0.1, 0.15) is 121 Å². The second-order valence-electron chi connectivity index (χ2n) is 22.9. The van der Waals surface area contributed by atoms with Crippen LogP contribution in [-0.2, 0) is 29.1 Å². The Morgan fingerprint density at radius 2 is 1.53 bits per heavy atom. The molecule has 7 heterocycles. The van der Waals surface area contributed by atoms with Gasteiger partial charge in [-0.1, -0.05) is 44.4 Å². The van der Waals surface area contributed by atoms with Gasteiger partial charge in [0.25, 0.3) is 17.4 Å². The van der Waals surface area contributed by atoms with Crippen molar-refractivity contribution in [1.82, 2.24) is 50.1 Å². The number of carbonyl (C=O) groups excluding carboxylic acids is 4. The number of methoxy groups -OCH3 is 1. The number of pyridine rings is 3. The largest absolute Gasteiger partial charge is 0.497 e. The molecule has 3 aromatic heterocycles. The summed E-state index contributed by atoms with van der Waals surface area (Å²) in [6.45, 7) is 15.8. The predicted molar refractivity (Wildman–Crippen MR) is 314 cm³/mol. The Balaban J connectivity index is 0.655. The van der Waals surface area contributed by atoms with E-state index in [1.54, 1.807) is 7.11 Å². The molecule has 2 aromatic carbocycles. The smallest absolute Gasteiger partial charge is 0.272 e. The van der Waals surface area contributed by atoms with Crippen molar-refractivity contribution in [2.45, 2.75) is 103 Å². The normalized spacial score (nSPS) is 19.4. The van der Waals surface area contributed by atoms with Gasteiger partial charge in [-0.3, -0.25) is 38.8 Å². The predicted octanol–water partition coefficient (Wildman–Crippen LogP) is 6.48. The number of fused-ring (bicyclic) bond motifs is 1. The van der Waals surface area contributed by atoms with Gasteiger partial charge in [-0.2, -0.15) is 0 Å². The van der Waals surface area contributed by atoms with Gasteiger partial charge in [-0.25, -0.2) is 4.98 Å². The van der Waals surface area contributed by atoms with Crippen LogP contribution in [0.15, 0.2) is 83.9 Å². The average molecular weight is 1110 g/mol. The maximum Gasteiger partial charge on any atom is 0.272 e. The van der Waals surface area contributed by atoms with Crippen molar-refractivity contribution in [3.05, 3.63) is 123 Å². The van der Waals surface area contributed by atoms with Crippen LogP contribution in [0.4, 0.5) is 5.69 Å². The van der Waals surface area contributed by atoms with Crippen LogP contribution in [-0.4, -0.2) is 174 Å². The summed E-state index contributed by atoms with van der Waals surface area (Å²) in [5.41, 5.74) is 7.39. The van der Waals surface area contributed by atoms with Gasteiger partial charge < -0.3 is 44.7 Å². The number of ether oxygens (including phenoxy) is 2. The van der Waals surface area contributed by atoms with E-state index >= 15 is 0 Å². The minimum atomic E-state index is -0.579. The van der Waals surface area contributed by atoms with Crippen molar-refractivity contribution < 1.29 is 28.7 Å². The highest BCUT2D eigenvalue weighted by Crippen LogP contribution is 2.31. The summed E-state index contributed by atoms with van der Waals surface area (Å²) in [5, 5.41) is 6.58. The van der Waals surface area contributed by atoms with E-state index in [9.17, 15) is 24.0 Å². The molecule has 18 heteroatoms. The fraction of sp³-hybridized carbons (Fsp3) is 0.540. The maximum absolute atomic E-state index is 14.5. The van der Waals surface area contributed by atoms with Crippen LogP contribution in [0.5, 0.6) is 11.5 Å². The first-order valence-corrected chi connectivity index (χ1v) is 30.0. The van der Waals surface area contributed by atoms with Crippen molar-refractivity contribution in [3.63, 3.8) is 0 Å². The summed E-state index contributed by atoms with van der Waals surface area (Å²) < 4.78 is 11.2. The van der Waals surface area contributed by atoms with E-state index in [0.29, 0.717) is 76.0 Å². The second-order valence-corrected chi connectivity index (χ2v) is 22.9. The third-order valence-corrected chi connectivity index (χ3v) is 17.7. The lowest BCUT2D eigenvalue weighted by Gasteiger charge is -2.41. The van der Waals surface area contributed by atoms with Gasteiger partial charge >= 0.3 is 0 Å². The Hall–Kier alpha value is -6.89. The molecule has 4 amide bonds. The highest BCUT2D eigenvalue weighted by Gasteiger charge is 2.36. The van der Waals surface area contributed by atoms with E-state index in [1.165, 1.54) is 0 Å². The molecule has 5 aliphatic rings. The highest BCUT2D eigenvalue weighted by molar-refractivity contribution is 5.98. The van der Waals surface area contributed by atoms with Gasteiger partial charge in [0.1, 0.15) is 23.2 Å². The number of amides is 4. The van der Waals surface area contributed by atoms with Crippen LogP contribution < -0.4 is 30.6 Å². The van der Waals surface area contributed by atoms with Crippen LogP contribution in [0, 0.1) is 11.8 Å². The average Bonchev–Trinajstić information content (AvgIpc) is 3.51. The van der Waals surface area contributed by atoms with Crippen molar-refractivity contribution in [2.24, 2.45) is 11.8 Å². The first-order valence-electron chi connectivity index (χ1n) is 30.0. The van der Waals surface area contributed by atoms with Gasteiger partial charge in [-0.05, 0) is 117 Å². The minimum Gasteiger partial charge on any atom is -0.497 e. The number of hydrogen-bond donors (Lipinski definition) is 3. The zero-order valence-electron chi connectivity index (χ0n) is 47.8. The van der Waals surface area contributed by atoms with Gasteiger partial charge in [0.2, 0.25) is 11.8 Å². The lowest BCUT2D eigenvalue weighted by molar-refractivity contribution is -0.137. The number of H-pyrrole nitrogens is 1. The molecule has 1 saturated carbocycles. The van der Waals surface area contributed by atoms with Crippen molar-refractivity contribution >= 4 is 40.3 Å². The molecule has 3 N–H and O–H groups in total. The summed E-state index contributed by atoms with van der Waals surface area (Å²) >= 11 is 0. The summed E-state index contributed by atoms with van der Waals surface area (Å²) in [7, 11) is 1.63. The molecule has 18 nitrogen and oxygen atoms in total. The number of carbonyl (C=O) groups is 4. The lowest BCUT2D eigenvalue weighted by atomic mass is 9.83. The fourth-order valence-corrected chi connectivity index (χ4v) is 12.8. The number of piperazine rings is 2. The monoisotopic (exact) mass is 1110 g/mol. The first-order chi connectivity index (χ1) is 39.5. The van der Waals surface area contributed by atoms with Crippen LogP contribution in [0.25, 0.3) is 11.0 Å². The first kappa shape index (κ1) is 57.3. The molecular formula is C63H83N11O7. The van der Waals surface area contributed by atoms with Gasteiger partial charge in [0.15, 0.2) is 0 Å². The van der Waals surface area contributed by atoms with Gasteiger partial charge in [-0.15, -0.1) is 0 Å². The summed E-state index contributed by atoms with van der Waals surface area (Å²) in [4.78, 5) is 93.6. The van der Waals surface area contributed by atoms with Crippen molar-refractivity contribution in [3.8, 4) is 11.5 Å². The summed E-state index contributed by atoms with van der Waals surface area (Å²) in [5.74, 6) is 1.95. The Morgan fingerprint density at radius 1 is 0.741 bits per heavy atom. The maximum atomic E-state index is 14.5. The number of aromatic nitrogens is 3. The van der Waals surface area contributed by atoms with Gasteiger partial charge in [0, 0.05) is 133 Å². The number of aromatic amines is 1. The molecule has 2 atom stereocenters. The molecule has 1 aliphatic carbocycles. The van der Waals surface area contributed by atoms with E-state index in [0.717, 1.165) is 161 Å². The van der Waals surface area contributed by atoms with Gasteiger partial charge in [0.05, 0.1) is 43.2 Å². The number of anilines is 1. The molecule has 4 aliphatic heterocycles. The molecule has 0 spiro atoms. The molecule has 0 bridgehead atoms. The van der Waals surface area contributed by atoms with E-state index in [1.807, 2.05) is 102 Å². The third kappa shape index (κ3) is 14.4. The molecule has 432 valence electrons. The van der Waals surface area contributed by atoms with Crippen molar-refractivity contribution in [1.29, 1.82) is 0 Å². The quantitative estimate of drug-likeness (QED) is 0.0816. The van der Waals surface area contributed by atoms with Crippen LogP contribution in [0.3, 0.4) is 0 Å². The fourth-order valence-electron chi connectivity index (χ4n) is 12.8. The SMILES string of the molecule is CCOc1cc(OC)ccc1CNCC(=O)N1CCC[C@@H](c2cccc(C(=O)N[C@@H](C(=O)N3CCN(CC4CCN(C(=O)c5ccc(N6CCN(Cc7cnc8cc(CC)c(=O)[nH]c8c7)CC6)cn5)CC4)CC3)C3CCCCC3)c2)C1. The molecule has 81 heavy (non-hydrogen) atoms. The molecule has 10 rings (SSSR count). The number of piperidine rings is 2. The Bertz CT molecular complexity index is 3010. The topological polar surface area (TPSA) is 189 Å². The molecule has 5 aromatic rings. The molecular weight excluding hydrogens is 1020 g/mol. The lowest BCUT2D eigenvalue weighted by Crippen LogP contribution is -2.57. The summed E-state index contributed by atoms with van der Waals surface area (Å²) in [6.07, 6.45) is 13.2. The standard InChI is InChI=1S/C63H83N11O7/c1-4-46-35-55-56(67-60(46)76)33-45(37-65-55)42-70-25-29-71(30-26-70)52-17-19-54(66-39-52)62(78)72-23-20-44(21-24-72)41-69-27-31-73(32-28-69)63(79)59(47-11-7-6-8-12-47)68-61(77)49-14-9-13-48(34-49)51-15-10-22-74(43-51)58(75)40-64-38-50-16-18-53(80-3)36-57(50)81-5-2/h9,13-14,16-19,33-37,39,44,47,51,59,64H,4-8,10-12,15,20-32,38,40-43H2,1-3H3,(H,67,76)(H,68,77)/t51-,59-/m1/s1. The molecule has 4 saturated heterocycles. The zero-order chi connectivity index (χ0) is 56.2. The van der Waals surface area contributed by atoms with E-state index in [2.05, 4.69) is 46.4 Å². The molecule has 5 fully saturated rings. The highest BCUT2D eigenvalue weighted by atomic mass is 16.5. The Kier molecular flexibility index (Phi) is 19.3. The number of hydrogen-bond acceptors (Lipinski definition) is 13. The number of rotatable bonds is 19. The number of nitrogens with zero attached hydrogens (tertiary/aromatic N) is 8. The van der Waals surface area contributed by atoms with E-state index in [4.69, 9.17) is 9.47 Å². The second kappa shape index (κ2) is 27.3. The van der Waals surface area contributed by atoms with Crippen LogP contribution >= 0.6 is 0 Å². The third-order valence-electron chi connectivity index (χ3n) is 17.7. The van der Waals surface area contributed by atoms with E-state index < -0.39 is 6.04 Å². The van der Waals surface area contributed by atoms with Crippen molar-refractivity contribution in [2.75, 3.05) is 110 Å². The Morgan fingerprint density at radius 3 is 2.27 bits per heavy atom. The zero-order valence-corrected chi connectivity index (χ0v) is 47.8. The summed E-state index contributed by atoms with van der Waals surface area (Å²) in [6, 6.07) is 20.7. The number of aryl methyl sites for hydroxylation is 1. The molecule has 0 unspecified atom stereocenters. The number of nitrogens with one attached hydrogen (secondary N) is 3. The van der Waals surface area contributed by atoms with E-state index in [-0.39, 0.29) is 47.6 Å².